The Balaban J connectivity index is 1.53. The van der Waals surface area contributed by atoms with E-state index in [-0.39, 0.29) is 29.7 Å². The van der Waals surface area contributed by atoms with Crippen LogP contribution in [0.25, 0.3) is 0 Å². The minimum Gasteiger partial charge on any atom is -0.394 e. The lowest BCUT2D eigenvalue weighted by Crippen LogP contribution is -2.60. The van der Waals surface area contributed by atoms with Gasteiger partial charge in [0, 0.05) is 12.1 Å². The molecule has 226 valence electrons. The Labute approximate surface area is 249 Å². The van der Waals surface area contributed by atoms with E-state index in [0.717, 1.165) is 11.1 Å². The third kappa shape index (κ3) is 5.35. The summed E-state index contributed by atoms with van der Waals surface area (Å²) in [6, 6.07) is 17.1. The molecule has 3 aliphatic heterocycles. The topological polar surface area (TPSA) is 108 Å². The molecule has 1 spiro atoms. The van der Waals surface area contributed by atoms with Crippen molar-refractivity contribution in [3.63, 3.8) is 0 Å². The molecule has 42 heavy (non-hydrogen) atoms. The molecule has 3 heterocycles. The highest BCUT2D eigenvalue weighted by molar-refractivity contribution is 5.99. The molecule has 3 fully saturated rings. The van der Waals surface area contributed by atoms with Gasteiger partial charge in [0.2, 0.25) is 17.7 Å². The number of nitrogens with one attached hydrogen (secondary N) is 2. The number of aliphatic hydroxyl groups is 1. The zero-order valence-electron chi connectivity index (χ0n) is 25.6. The van der Waals surface area contributed by atoms with Gasteiger partial charge in [-0.1, -0.05) is 81.4 Å². The van der Waals surface area contributed by atoms with Gasteiger partial charge >= 0.3 is 0 Å². The molecule has 0 radical (unpaired) electrons. The van der Waals surface area contributed by atoms with E-state index in [1.165, 1.54) is 4.90 Å². The molecule has 3 N–H and O–H groups in total. The number of carbonyl (C=O) groups is 3. The van der Waals surface area contributed by atoms with Crippen LogP contribution in [0.15, 0.2) is 60.7 Å². The Hall–Kier alpha value is -3.23. The number of amides is 3. The fraction of sp³-hybridized carbons (Fsp3) is 0.559. The SMILES string of the molecule is CC(C)(C)CC(C)(C)NC(=O)C1N([C@H](CO)c2ccccc2)C(=O)[C@@H]2[C@@H](C(=O)NCc3ccccc3)[C@@]3(C)CCC12O3. The second kappa shape index (κ2) is 10.8. The van der Waals surface area contributed by atoms with Crippen LogP contribution in [-0.4, -0.2) is 57.1 Å². The molecule has 6 atom stereocenters. The second-order valence-electron chi connectivity index (χ2n) is 14.4. The van der Waals surface area contributed by atoms with Gasteiger partial charge in [0.1, 0.15) is 11.6 Å². The van der Waals surface area contributed by atoms with Crippen LogP contribution in [0, 0.1) is 17.3 Å². The summed E-state index contributed by atoms with van der Waals surface area (Å²) in [7, 11) is 0. The van der Waals surface area contributed by atoms with Gasteiger partial charge in [-0.25, -0.2) is 0 Å². The van der Waals surface area contributed by atoms with E-state index in [1.807, 2.05) is 81.4 Å². The Bertz CT molecular complexity index is 1320. The van der Waals surface area contributed by atoms with Crippen LogP contribution in [0.3, 0.4) is 0 Å². The molecular weight excluding hydrogens is 530 g/mol. The molecule has 5 rings (SSSR count). The molecule has 2 aromatic carbocycles. The summed E-state index contributed by atoms with van der Waals surface area (Å²) in [5.74, 6) is -2.50. The van der Waals surface area contributed by atoms with Crippen LogP contribution in [0.5, 0.6) is 0 Å². The zero-order chi connectivity index (χ0) is 30.5. The number of hydrogen-bond donors (Lipinski definition) is 3. The average Bonchev–Trinajstić information content (AvgIpc) is 3.48. The number of carbonyl (C=O) groups excluding carboxylic acids is 3. The monoisotopic (exact) mass is 575 g/mol. The largest absolute Gasteiger partial charge is 0.394 e. The van der Waals surface area contributed by atoms with Crippen molar-refractivity contribution in [3.8, 4) is 0 Å². The highest BCUT2D eigenvalue weighted by Crippen LogP contribution is 2.64. The number of benzene rings is 2. The van der Waals surface area contributed by atoms with Crippen LogP contribution in [0.1, 0.15) is 78.0 Å². The molecule has 3 aliphatic rings. The normalized spacial score (nSPS) is 29.4. The molecule has 2 unspecified atom stereocenters. The number of aliphatic hydroxyl groups excluding tert-OH is 1. The lowest BCUT2D eigenvalue weighted by Gasteiger charge is -2.40. The van der Waals surface area contributed by atoms with Crippen LogP contribution < -0.4 is 10.6 Å². The van der Waals surface area contributed by atoms with Crippen LogP contribution in [0.4, 0.5) is 0 Å². The number of hydrogen-bond acceptors (Lipinski definition) is 5. The molecule has 0 saturated carbocycles. The lowest BCUT2D eigenvalue weighted by atomic mass is 9.66. The molecule has 8 nitrogen and oxygen atoms in total. The molecule has 2 aromatic rings. The Morgan fingerprint density at radius 2 is 1.62 bits per heavy atom. The number of rotatable bonds is 9. The van der Waals surface area contributed by atoms with Gasteiger partial charge in [0.15, 0.2) is 0 Å². The summed E-state index contributed by atoms with van der Waals surface area (Å²) < 4.78 is 6.77. The van der Waals surface area contributed by atoms with Crippen molar-refractivity contribution in [2.45, 2.75) is 96.2 Å². The zero-order valence-corrected chi connectivity index (χ0v) is 25.6. The van der Waals surface area contributed by atoms with Gasteiger partial charge in [-0.2, -0.15) is 0 Å². The van der Waals surface area contributed by atoms with Crippen LogP contribution >= 0.6 is 0 Å². The fourth-order valence-electron chi connectivity index (χ4n) is 8.10. The predicted molar refractivity (Wildman–Crippen MR) is 160 cm³/mol. The van der Waals surface area contributed by atoms with Gasteiger partial charge in [0.25, 0.3) is 0 Å². The maximum absolute atomic E-state index is 14.6. The lowest BCUT2D eigenvalue weighted by molar-refractivity contribution is -0.150. The van der Waals surface area contributed by atoms with Gasteiger partial charge in [-0.15, -0.1) is 0 Å². The van der Waals surface area contributed by atoms with Crippen LogP contribution in [0.2, 0.25) is 0 Å². The summed E-state index contributed by atoms with van der Waals surface area (Å²) in [4.78, 5) is 44.3. The van der Waals surface area contributed by atoms with Crippen molar-refractivity contribution < 1.29 is 24.2 Å². The van der Waals surface area contributed by atoms with E-state index in [0.29, 0.717) is 25.8 Å². The highest BCUT2D eigenvalue weighted by Gasteiger charge is 2.78. The first-order chi connectivity index (χ1) is 19.7. The predicted octanol–water partition coefficient (Wildman–Crippen LogP) is 4.13. The van der Waals surface area contributed by atoms with Crippen molar-refractivity contribution in [1.82, 2.24) is 15.5 Å². The Morgan fingerprint density at radius 3 is 2.21 bits per heavy atom. The maximum atomic E-state index is 14.6. The summed E-state index contributed by atoms with van der Waals surface area (Å²) in [5.41, 5.74) is -0.983. The Kier molecular flexibility index (Phi) is 7.77. The molecule has 3 amide bonds. The summed E-state index contributed by atoms with van der Waals surface area (Å²) in [6.45, 7) is 12.2. The molecule has 0 aromatic heterocycles. The number of ether oxygens (including phenoxy) is 1. The summed E-state index contributed by atoms with van der Waals surface area (Å²) >= 11 is 0. The van der Waals surface area contributed by atoms with Gasteiger partial charge < -0.3 is 25.4 Å². The van der Waals surface area contributed by atoms with Crippen molar-refractivity contribution in [1.29, 1.82) is 0 Å². The quantitative estimate of drug-likeness (QED) is 0.417. The van der Waals surface area contributed by atoms with E-state index in [4.69, 9.17) is 4.74 Å². The standard InChI is InChI=1S/C34H45N3O5/c1-31(2,3)21-32(4,5)36-29(40)27-34-18-17-33(6,42-34)25(28(39)35-19-22-13-9-7-10-14-22)26(34)30(41)37(27)24(20-38)23-15-11-8-12-16-23/h7-16,24-27,38H,17-21H2,1-6H3,(H,35,39)(H,36,40)/t24-,25+,26+,27?,33-,34?/m1/s1. The van der Waals surface area contributed by atoms with E-state index in [9.17, 15) is 19.5 Å². The maximum Gasteiger partial charge on any atom is 0.246 e. The average molecular weight is 576 g/mol. The van der Waals surface area contributed by atoms with Crippen molar-refractivity contribution in [3.05, 3.63) is 71.8 Å². The van der Waals surface area contributed by atoms with Gasteiger partial charge in [-0.3, -0.25) is 14.4 Å². The molecule has 0 aliphatic carbocycles. The van der Waals surface area contributed by atoms with E-state index >= 15 is 0 Å². The third-order valence-electron chi connectivity index (χ3n) is 9.18. The van der Waals surface area contributed by atoms with Crippen molar-refractivity contribution in [2.24, 2.45) is 17.3 Å². The van der Waals surface area contributed by atoms with Crippen LogP contribution in [-0.2, 0) is 25.7 Å². The molecule has 2 bridgehead atoms. The minimum atomic E-state index is -1.18. The first kappa shape index (κ1) is 30.2. The first-order valence-electron chi connectivity index (χ1n) is 15.0. The summed E-state index contributed by atoms with van der Waals surface area (Å²) in [5, 5.41) is 16.9. The fourth-order valence-corrected chi connectivity index (χ4v) is 8.10. The van der Waals surface area contributed by atoms with Crippen molar-refractivity contribution >= 4 is 17.7 Å². The van der Waals surface area contributed by atoms with E-state index in [2.05, 4.69) is 31.4 Å². The second-order valence-corrected chi connectivity index (χ2v) is 14.4. The molecular formula is C34H45N3O5. The summed E-state index contributed by atoms with van der Waals surface area (Å²) in [6.07, 6.45) is 1.75. The van der Waals surface area contributed by atoms with Crippen molar-refractivity contribution in [2.75, 3.05) is 6.61 Å². The highest BCUT2D eigenvalue weighted by atomic mass is 16.5. The number of likely N-dealkylation sites (tertiary alicyclic amines) is 1. The number of fused-ring (bicyclic) bond motifs is 1. The van der Waals surface area contributed by atoms with Gasteiger partial charge in [-0.05, 0) is 56.6 Å². The smallest absolute Gasteiger partial charge is 0.246 e. The van der Waals surface area contributed by atoms with E-state index < -0.39 is 40.7 Å². The first-order valence-corrected chi connectivity index (χ1v) is 15.0. The minimum absolute atomic E-state index is 0.0435. The molecule has 8 heteroatoms. The van der Waals surface area contributed by atoms with E-state index in [1.54, 1.807) is 0 Å². The number of nitrogens with zero attached hydrogens (tertiary/aromatic N) is 1. The Morgan fingerprint density at radius 1 is 1.00 bits per heavy atom. The third-order valence-corrected chi connectivity index (χ3v) is 9.18. The molecule has 3 saturated heterocycles. The van der Waals surface area contributed by atoms with Gasteiger partial charge in [0.05, 0.1) is 30.1 Å².